The predicted octanol–water partition coefficient (Wildman–Crippen LogP) is 0.936. The Morgan fingerprint density at radius 3 is 2.92 bits per heavy atom. The summed E-state index contributed by atoms with van der Waals surface area (Å²) >= 11 is 0. The molecule has 1 heterocycles. The third-order valence-corrected chi connectivity index (χ3v) is 1.67. The quantitative estimate of drug-likeness (QED) is 0.592. The molecule has 0 unspecified atom stereocenters. The van der Waals surface area contributed by atoms with Gasteiger partial charge in [0.05, 0.1) is 13.2 Å². The van der Waals surface area contributed by atoms with Crippen LogP contribution in [0.5, 0.6) is 0 Å². The molecule has 0 radical (unpaired) electrons. The SMILES string of the molecule is COCCOCCCn1cccn1. The van der Waals surface area contributed by atoms with Crippen LogP contribution in [0.2, 0.25) is 0 Å². The Hall–Kier alpha value is -0.870. The van der Waals surface area contributed by atoms with Gasteiger partial charge in [0.25, 0.3) is 0 Å². The highest BCUT2D eigenvalue weighted by Gasteiger charge is 1.91. The van der Waals surface area contributed by atoms with Crippen LogP contribution >= 0.6 is 0 Å². The lowest BCUT2D eigenvalue weighted by Crippen LogP contribution is -2.06. The molecule has 0 aromatic carbocycles. The molecule has 0 saturated carbocycles. The number of ether oxygens (including phenoxy) is 2. The second-order valence-corrected chi connectivity index (χ2v) is 2.73. The molecule has 4 heteroatoms. The Morgan fingerprint density at radius 1 is 1.31 bits per heavy atom. The second kappa shape index (κ2) is 6.62. The van der Waals surface area contributed by atoms with Gasteiger partial charge in [-0.05, 0) is 12.5 Å². The van der Waals surface area contributed by atoms with E-state index >= 15 is 0 Å². The van der Waals surface area contributed by atoms with Crippen LogP contribution in [0.4, 0.5) is 0 Å². The van der Waals surface area contributed by atoms with Crippen molar-refractivity contribution in [1.82, 2.24) is 9.78 Å². The van der Waals surface area contributed by atoms with Gasteiger partial charge in [0.1, 0.15) is 0 Å². The van der Waals surface area contributed by atoms with Crippen molar-refractivity contribution >= 4 is 0 Å². The Labute approximate surface area is 78.5 Å². The summed E-state index contributed by atoms with van der Waals surface area (Å²) in [6.07, 6.45) is 4.73. The smallest absolute Gasteiger partial charge is 0.0700 e. The summed E-state index contributed by atoms with van der Waals surface area (Å²) in [5.41, 5.74) is 0. The monoisotopic (exact) mass is 184 g/mol. The number of methoxy groups -OCH3 is 1. The first-order chi connectivity index (χ1) is 6.43. The number of hydrogen-bond acceptors (Lipinski definition) is 3. The molecule has 0 amide bonds. The summed E-state index contributed by atoms with van der Waals surface area (Å²) in [4.78, 5) is 0. The average molecular weight is 184 g/mol. The number of aromatic nitrogens is 2. The molecule has 74 valence electrons. The number of nitrogens with zero attached hydrogens (tertiary/aromatic N) is 2. The summed E-state index contributed by atoms with van der Waals surface area (Å²) in [5.74, 6) is 0. The van der Waals surface area contributed by atoms with E-state index in [-0.39, 0.29) is 0 Å². The molecular weight excluding hydrogens is 168 g/mol. The first-order valence-corrected chi connectivity index (χ1v) is 4.47. The molecule has 0 atom stereocenters. The van der Waals surface area contributed by atoms with Gasteiger partial charge in [0.15, 0.2) is 0 Å². The molecule has 4 nitrogen and oxygen atoms in total. The highest BCUT2D eigenvalue weighted by Crippen LogP contribution is 1.90. The molecule has 0 aliphatic carbocycles. The number of aryl methyl sites for hydroxylation is 1. The summed E-state index contributed by atoms with van der Waals surface area (Å²) in [5, 5.41) is 4.09. The Balaban J connectivity index is 1.90. The van der Waals surface area contributed by atoms with Gasteiger partial charge in [-0.1, -0.05) is 0 Å². The van der Waals surface area contributed by atoms with Gasteiger partial charge >= 0.3 is 0 Å². The van der Waals surface area contributed by atoms with Crippen molar-refractivity contribution in [3.8, 4) is 0 Å². The van der Waals surface area contributed by atoms with Gasteiger partial charge < -0.3 is 9.47 Å². The highest BCUT2D eigenvalue weighted by molar-refractivity contribution is 4.77. The van der Waals surface area contributed by atoms with Gasteiger partial charge in [-0.3, -0.25) is 4.68 Å². The van der Waals surface area contributed by atoms with Crippen LogP contribution in [0, 0.1) is 0 Å². The third-order valence-electron chi connectivity index (χ3n) is 1.67. The molecule has 1 aromatic rings. The Bertz CT molecular complexity index is 199. The molecule has 0 N–H and O–H groups in total. The fraction of sp³-hybridized carbons (Fsp3) is 0.667. The van der Waals surface area contributed by atoms with Gasteiger partial charge in [-0.15, -0.1) is 0 Å². The van der Waals surface area contributed by atoms with Crippen molar-refractivity contribution in [3.05, 3.63) is 18.5 Å². The minimum absolute atomic E-state index is 0.668. The molecule has 0 spiro atoms. The van der Waals surface area contributed by atoms with E-state index in [0.29, 0.717) is 13.2 Å². The number of rotatable bonds is 7. The van der Waals surface area contributed by atoms with Gasteiger partial charge in [-0.2, -0.15) is 5.10 Å². The van der Waals surface area contributed by atoms with Gasteiger partial charge in [-0.25, -0.2) is 0 Å². The van der Waals surface area contributed by atoms with E-state index in [1.54, 1.807) is 13.3 Å². The second-order valence-electron chi connectivity index (χ2n) is 2.73. The van der Waals surface area contributed by atoms with E-state index in [9.17, 15) is 0 Å². The zero-order valence-electron chi connectivity index (χ0n) is 7.98. The zero-order valence-corrected chi connectivity index (χ0v) is 7.98. The largest absolute Gasteiger partial charge is 0.382 e. The predicted molar refractivity (Wildman–Crippen MR) is 49.5 cm³/mol. The van der Waals surface area contributed by atoms with Crippen LogP contribution < -0.4 is 0 Å². The Kier molecular flexibility index (Phi) is 5.20. The van der Waals surface area contributed by atoms with E-state index in [1.807, 2.05) is 16.9 Å². The fourth-order valence-electron chi connectivity index (χ4n) is 1.01. The van der Waals surface area contributed by atoms with E-state index in [1.165, 1.54) is 0 Å². The summed E-state index contributed by atoms with van der Waals surface area (Å²) in [6.45, 7) is 3.03. The van der Waals surface area contributed by atoms with Crippen molar-refractivity contribution in [3.63, 3.8) is 0 Å². The maximum atomic E-state index is 5.31. The molecular formula is C9H16N2O2. The minimum atomic E-state index is 0.668. The van der Waals surface area contributed by atoms with Gasteiger partial charge in [0.2, 0.25) is 0 Å². The molecule has 0 bridgehead atoms. The molecule has 1 rings (SSSR count). The normalized spacial score (nSPS) is 10.5. The minimum Gasteiger partial charge on any atom is -0.382 e. The molecule has 0 aliphatic heterocycles. The maximum absolute atomic E-state index is 5.31. The molecule has 13 heavy (non-hydrogen) atoms. The van der Waals surface area contributed by atoms with Crippen LogP contribution in [-0.2, 0) is 16.0 Å². The van der Waals surface area contributed by atoms with Crippen molar-refractivity contribution in [2.45, 2.75) is 13.0 Å². The van der Waals surface area contributed by atoms with Crippen LogP contribution in [0.25, 0.3) is 0 Å². The standard InChI is InChI=1S/C9H16N2O2/c1-12-8-9-13-7-3-6-11-5-2-4-10-11/h2,4-5H,3,6-9H2,1H3. The fourth-order valence-corrected chi connectivity index (χ4v) is 1.01. The van der Waals surface area contributed by atoms with Crippen LogP contribution in [0.3, 0.4) is 0 Å². The molecule has 0 fully saturated rings. The van der Waals surface area contributed by atoms with Crippen molar-refractivity contribution in [2.24, 2.45) is 0 Å². The van der Waals surface area contributed by atoms with E-state index < -0.39 is 0 Å². The number of hydrogen-bond donors (Lipinski definition) is 0. The first kappa shape index (κ1) is 10.2. The van der Waals surface area contributed by atoms with Crippen molar-refractivity contribution < 1.29 is 9.47 Å². The van der Waals surface area contributed by atoms with Crippen LogP contribution in [0.1, 0.15) is 6.42 Å². The lowest BCUT2D eigenvalue weighted by molar-refractivity contribution is 0.0677. The van der Waals surface area contributed by atoms with E-state index in [2.05, 4.69) is 5.10 Å². The topological polar surface area (TPSA) is 36.3 Å². The first-order valence-electron chi connectivity index (χ1n) is 4.47. The molecule has 0 aliphatic rings. The maximum Gasteiger partial charge on any atom is 0.0700 e. The average Bonchev–Trinajstić information content (AvgIpc) is 2.63. The molecule has 0 saturated heterocycles. The summed E-state index contributed by atoms with van der Waals surface area (Å²) in [7, 11) is 1.67. The lowest BCUT2D eigenvalue weighted by Gasteiger charge is -2.03. The van der Waals surface area contributed by atoms with E-state index in [4.69, 9.17) is 9.47 Å². The third kappa shape index (κ3) is 4.65. The van der Waals surface area contributed by atoms with Crippen molar-refractivity contribution in [1.29, 1.82) is 0 Å². The van der Waals surface area contributed by atoms with Crippen molar-refractivity contribution in [2.75, 3.05) is 26.9 Å². The zero-order chi connectivity index (χ0) is 9.36. The van der Waals surface area contributed by atoms with Crippen LogP contribution in [0.15, 0.2) is 18.5 Å². The van der Waals surface area contributed by atoms with E-state index in [0.717, 1.165) is 19.6 Å². The van der Waals surface area contributed by atoms with Crippen LogP contribution in [-0.4, -0.2) is 36.7 Å². The molecule has 1 aromatic heterocycles. The summed E-state index contributed by atoms with van der Waals surface area (Å²) < 4.78 is 12.1. The Morgan fingerprint density at radius 2 is 2.23 bits per heavy atom. The highest BCUT2D eigenvalue weighted by atomic mass is 16.5. The lowest BCUT2D eigenvalue weighted by atomic mass is 10.4. The summed E-state index contributed by atoms with van der Waals surface area (Å²) in [6, 6.07) is 1.92. The van der Waals surface area contributed by atoms with Gasteiger partial charge in [0, 0.05) is 32.7 Å².